The van der Waals surface area contributed by atoms with Crippen LogP contribution in [0.4, 0.5) is 0 Å². The predicted molar refractivity (Wildman–Crippen MR) is 94.2 cm³/mol. The summed E-state index contributed by atoms with van der Waals surface area (Å²) in [6, 6.07) is 15.9. The third kappa shape index (κ3) is 8.28. The summed E-state index contributed by atoms with van der Waals surface area (Å²) in [4.78, 5) is 5.23. The molecule has 110 valence electrons. The van der Waals surface area contributed by atoms with Crippen molar-refractivity contribution in [3.8, 4) is 0 Å². The summed E-state index contributed by atoms with van der Waals surface area (Å²) in [5, 5.41) is 2.92. The molecule has 0 aliphatic carbocycles. The average Bonchev–Trinajstić information content (AvgIpc) is 2.96. The van der Waals surface area contributed by atoms with Crippen molar-refractivity contribution in [2.45, 2.75) is 20.8 Å². The van der Waals surface area contributed by atoms with Gasteiger partial charge in [-0.1, -0.05) is 35.9 Å². The Labute approximate surface area is 136 Å². The molecule has 0 saturated heterocycles. The van der Waals surface area contributed by atoms with Crippen LogP contribution in [-0.4, -0.2) is 4.98 Å². The minimum absolute atomic E-state index is 0.840. The number of thiophene rings is 1. The average molecular weight is 318 g/mol. The highest BCUT2D eigenvalue weighted by Gasteiger charge is 1.86. The van der Waals surface area contributed by atoms with E-state index in [0.717, 1.165) is 10.6 Å². The molecule has 3 heteroatoms. The van der Waals surface area contributed by atoms with Crippen LogP contribution in [0, 0.1) is 20.8 Å². The zero-order valence-electron chi connectivity index (χ0n) is 12.6. The molecule has 0 amide bonds. The number of hydrogen-bond acceptors (Lipinski definition) is 2. The Kier molecular flexibility index (Phi) is 8.41. The molecule has 0 N–H and O–H groups in total. The standard InChI is InChI=1S/C7H7Cl.C6H7N.C5H6S/c1-6-4-2-3-5-7(6)8;1-6-2-4-7-5-3-6;1-5-3-2-4-6-5/h2-5H,1H3;2-5H,1H3;2-4H,1H3. The number of nitrogens with zero attached hydrogens (tertiary/aromatic N) is 1. The van der Waals surface area contributed by atoms with E-state index in [2.05, 4.69) is 29.4 Å². The summed E-state index contributed by atoms with van der Waals surface area (Å²) in [5.74, 6) is 0. The van der Waals surface area contributed by atoms with Crippen molar-refractivity contribution < 1.29 is 0 Å². The summed E-state index contributed by atoms with van der Waals surface area (Å²) in [6.07, 6.45) is 3.57. The normalized spacial score (nSPS) is 8.95. The van der Waals surface area contributed by atoms with E-state index < -0.39 is 0 Å². The molecule has 0 spiro atoms. The highest BCUT2D eigenvalue weighted by atomic mass is 35.5. The number of aryl methyl sites for hydroxylation is 3. The number of hydrogen-bond donors (Lipinski definition) is 0. The second-order valence-corrected chi connectivity index (χ2v) is 6.06. The first kappa shape index (κ1) is 17.4. The van der Waals surface area contributed by atoms with Gasteiger partial charge < -0.3 is 0 Å². The van der Waals surface area contributed by atoms with Crippen LogP contribution in [0.15, 0.2) is 66.3 Å². The molecule has 0 fully saturated rings. The fraction of sp³-hybridized carbons (Fsp3) is 0.167. The van der Waals surface area contributed by atoms with Gasteiger partial charge >= 0.3 is 0 Å². The third-order valence-corrected chi connectivity index (χ3v) is 3.81. The zero-order valence-corrected chi connectivity index (χ0v) is 14.2. The lowest BCUT2D eigenvalue weighted by molar-refractivity contribution is 1.29. The van der Waals surface area contributed by atoms with Gasteiger partial charge in [0.2, 0.25) is 0 Å². The second-order valence-electron chi connectivity index (χ2n) is 4.50. The van der Waals surface area contributed by atoms with Gasteiger partial charge in [0.25, 0.3) is 0 Å². The molecule has 3 aromatic rings. The lowest BCUT2D eigenvalue weighted by Crippen LogP contribution is -1.68. The number of benzene rings is 1. The van der Waals surface area contributed by atoms with Gasteiger partial charge in [-0.3, -0.25) is 4.98 Å². The van der Waals surface area contributed by atoms with Crippen LogP contribution >= 0.6 is 22.9 Å². The molecule has 0 bridgehead atoms. The number of rotatable bonds is 0. The Hall–Kier alpha value is -1.64. The van der Waals surface area contributed by atoms with E-state index in [-0.39, 0.29) is 0 Å². The molecule has 2 heterocycles. The highest BCUT2D eigenvalue weighted by molar-refractivity contribution is 7.09. The molecule has 2 aromatic heterocycles. The van der Waals surface area contributed by atoms with Crippen molar-refractivity contribution in [1.29, 1.82) is 0 Å². The van der Waals surface area contributed by atoms with Crippen LogP contribution in [0.2, 0.25) is 5.02 Å². The highest BCUT2D eigenvalue weighted by Crippen LogP contribution is 2.11. The smallest absolute Gasteiger partial charge is 0.0435 e. The van der Waals surface area contributed by atoms with Crippen LogP contribution in [-0.2, 0) is 0 Å². The van der Waals surface area contributed by atoms with Gasteiger partial charge in [-0.2, -0.15) is 0 Å². The summed E-state index contributed by atoms with van der Waals surface area (Å²) < 4.78 is 0. The van der Waals surface area contributed by atoms with Gasteiger partial charge in [0.15, 0.2) is 0 Å². The first-order valence-electron chi connectivity index (χ1n) is 6.67. The molecule has 1 nitrogen and oxygen atoms in total. The third-order valence-electron chi connectivity index (χ3n) is 2.59. The summed E-state index contributed by atoms with van der Waals surface area (Å²) >= 11 is 7.49. The van der Waals surface area contributed by atoms with Crippen molar-refractivity contribution in [2.24, 2.45) is 0 Å². The van der Waals surface area contributed by atoms with Crippen molar-refractivity contribution in [3.05, 3.63) is 87.3 Å². The summed E-state index contributed by atoms with van der Waals surface area (Å²) in [6.45, 7) is 6.13. The van der Waals surface area contributed by atoms with E-state index in [1.54, 1.807) is 23.7 Å². The lowest BCUT2D eigenvalue weighted by Gasteiger charge is -1.90. The fourth-order valence-electron chi connectivity index (χ4n) is 1.34. The van der Waals surface area contributed by atoms with Crippen LogP contribution in [0.5, 0.6) is 0 Å². The van der Waals surface area contributed by atoms with E-state index in [4.69, 9.17) is 11.6 Å². The number of aromatic nitrogens is 1. The van der Waals surface area contributed by atoms with Crippen molar-refractivity contribution in [2.75, 3.05) is 0 Å². The monoisotopic (exact) mass is 317 g/mol. The van der Waals surface area contributed by atoms with Gasteiger partial charge in [0.05, 0.1) is 0 Å². The minimum atomic E-state index is 0.840. The molecule has 0 radical (unpaired) electrons. The maximum Gasteiger partial charge on any atom is 0.0435 e. The van der Waals surface area contributed by atoms with Gasteiger partial charge in [-0.25, -0.2) is 0 Å². The summed E-state index contributed by atoms with van der Waals surface area (Å²) in [7, 11) is 0. The van der Waals surface area contributed by atoms with E-state index in [1.807, 2.05) is 50.2 Å². The Balaban J connectivity index is 0.000000159. The topological polar surface area (TPSA) is 12.9 Å². The van der Waals surface area contributed by atoms with E-state index >= 15 is 0 Å². The summed E-state index contributed by atoms with van der Waals surface area (Å²) in [5.41, 5.74) is 2.39. The van der Waals surface area contributed by atoms with Gasteiger partial charge in [0, 0.05) is 22.3 Å². The molecule has 0 saturated carbocycles. The van der Waals surface area contributed by atoms with Crippen LogP contribution in [0.25, 0.3) is 0 Å². The molecule has 0 aliphatic rings. The van der Waals surface area contributed by atoms with Gasteiger partial charge in [-0.05, 0) is 61.5 Å². The molecule has 0 atom stereocenters. The zero-order chi connectivity index (χ0) is 15.5. The number of pyridine rings is 1. The Bertz CT molecular complexity index is 585. The SMILES string of the molecule is Cc1ccccc1Cl.Cc1cccs1.Cc1ccncc1. The van der Waals surface area contributed by atoms with Crippen LogP contribution in [0.3, 0.4) is 0 Å². The minimum Gasteiger partial charge on any atom is -0.265 e. The molecular weight excluding hydrogens is 298 g/mol. The van der Waals surface area contributed by atoms with Gasteiger partial charge in [-0.15, -0.1) is 11.3 Å². The van der Waals surface area contributed by atoms with Gasteiger partial charge in [0.1, 0.15) is 0 Å². The van der Waals surface area contributed by atoms with Crippen molar-refractivity contribution in [1.82, 2.24) is 4.98 Å². The lowest BCUT2D eigenvalue weighted by atomic mass is 10.2. The van der Waals surface area contributed by atoms with Crippen molar-refractivity contribution >= 4 is 22.9 Å². The second kappa shape index (κ2) is 10.1. The first-order valence-corrected chi connectivity index (χ1v) is 7.93. The maximum absolute atomic E-state index is 5.71. The first-order chi connectivity index (χ1) is 10.1. The number of halogens is 1. The Morgan fingerprint density at radius 2 is 1.52 bits per heavy atom. The molecule has 1 aromatic carbocycles. The quantitative estimate of drug-likeness (QED) is 0.488. The fourth-order valence-corrected chi connectivity index (χ4v) is 2.00. The van der Waals surface area contributed by atoms with E-state index in [1.165, 1.54) is 10.4 Å². The van der Waals surface area contributed by atoms with Crippen LogP contribution < -0.4 is 0 Å². The molecule has 0 aliphatic heterocycles. The predicted octanol–water partition coefficient (Wildman–Crippen LogP) is 6.09. The van der Waals surface area contributed by atoms with Crippen molar-refractivity contribution in [3.63, 3.8) is 0 Å². The largest absolute Gasteiger partial charge is 0.265 e. The molecular formula is C18H20ClNS. The maximum atomic E-state index is 5.71. The van der Waals surface area contributed by atoms with E-state index in [0.29, 0.717) is 0 Å². The van der Waals surface area contributed by atoms with Crippen LogP contribution in [0.1, 0.15) is 16.0 Å². The Morgan fingerprint density at radius 3 is 1.81 bits per heavy atom. The molecule has 21 heavy (non-hydrogen) atoms. The van der Waals surface area contributed by atoms with E-state index in [9.17, 15) is 0 Å². The molecule has 3 rings (SSSR count). The Morgan fingerprint density at radius 1 is 0.857 bits per heavy atom. The molecule has 0 unspecified atom stereocenters.